The van der Waals surface area contributed by atoms with Gasteiger partial charge in [-0.25, -0.2) is 13.4 Å². The quantitative estimate of drug-likeness (QED) is 0.420. The van der Waals surface area contributed by atoms with E-state index in [1.165, 1.54) is 62.5 Å². The summed E-state index contributed by atoms with van der Waals surface area (Å²) >= 11 is 0. The fourth-order valence-electron chi connectivity index (χ4n) is 5.55. The minimum atomic E-state index is -3.68. The van der Waals surface area contributed by atoms with Crippen molar-refractivity contribution < 1.29 is 17.9 Å². The van der Waals surface area contributed by atoms with E-state index in [2.05, 4.69) is 19.8 Å². The summed E-state index contributed by atoms with van der Waals surface area (Å²) < 4.78 is 38.8. The van der Waals surface area contributed by atoms with Crippen molar-refractivity contribution >= 4 is 15.8 Å². The first-order valence-electron chi connectivity index (χ1n) is 13.8. The minimum absolute atomic E-state index is 0.159. The second-order valence-electron chi connectivity index (χ2n) is 10.6. The van der Waals surface area contributed by atoms with Crippen LogP contribution in [0.25, 0.3) is 0 Å². The van der Waals surface area contributed by atoms with Crippen molar-refractivity contribution in [3.05, 3.63) is 35.5 Å². The molecule has 2 aliphatic rings. The molecule has 2 fully saturated rings. The zero-order valence-corrected chi connectivity index (χ0v) is 24.2. The predicted molar refractivity (Wildman–Crippen MR) is 150 cm³/mol. The van der Waals surface area contributed by atoms with Gasteiger partial charge in [-0.15, -0.1) is 0 Å². The molecule has 1 aromatic heterocycles. The first-order chi connectivity index (χ1) is 18.3. The minimum Gasteiger partial charge on any atom is -0.497 e. The third-order valence-electron chi connectivity index (χ3n) is 7.83. The summed E-state index contributed by atoms with van der Waals surface area (Å²) in [5.41, 5.74) is 1.31. The second kappa shape index (κ2) is 13.1. The van der Waals surface area contributed by atoms with Gasteiger partial charge in [0, 0.05) is 32.9 Å². The number of hydrogen-bond acceptors (Lipinski definition) is 8. The summed E-state index contributed by atoms with van der Waals surface area (Å²) in [6.45, 7) is 9.65. The summed E-state index contributed by atoms with van der Waals surface area (Å²) in [7, 11) is -0.541. The van der Waals surface area contributed by atoms with Crippen LogP contribution in [0.3, 0.4) is 0 Å². The molecule has 0 N–H and O–H groups in total. The predicted octanol–water partition coefficient (Wildman–Crippen LogP) is 3.89. The SMILES string of the molecule is COc1cc(C)c(S(=O)(=O)N(C)CCOc2nccc(N3CCC(CCN4CCCCC4)CC3)n2)c(C)c1. The molecule has 0 saturated carbocycles. The van der Waals surface area contributed by atoms with E-state index in [1.54, 1.807) is 46.3 Å². The van der Waals surface area contributed by atoms with E-state index in [1.807, 2.05) is 6.07 Å². The van der Waals surface area contributed by atoms with Gasteiger partial charge in [0.1, 0.15) is 18.2 Å². The topological polar surface area (TPSA) is 88.1 Å². The van der Waals surface area contributed by atoms with E-state index in [9.17, 15) is 8.42 Å². The fraction of sp³-hybridized carbons (Fsp3) is 0.643. The van der Waals surface area contributed by atoms with Crippen LogP contribution in [0.2, 0.25) is 0 Å². The molecule has 0 radical (unpaired) electrons. The molecular weight excluding hydrogens is 502 g/mol. The van der Waals surface area contributed by atoms with Crippen LogP contribution in [-0.4, -0.2) is 87.6 Å². The van der Waals surface area contributed by atoms with Crippen molar-refractivity contribution in [1.82, 2.24) is 19.2 Å². The average molecular weight is 546 g/mol. The van der Waals surface area contributed by atoms with Crippen LogP contribution in [0.15, 0.2) is 29.3 Å². The van der Waals surface area contributed by atoms with E-state index in [0.717, 1.165) is 24.8 Å². The third-order valence-corrected chi connectivity index (χ3v) is 10.00. The number of ether oxygens (including phenoxy) is 2. The van der Waals surface area contributed by atoms with Gasteiger partial charge in [0.15, 0.2) is 0 Å². The van der Waals surface area contributed by atoms with Crippen molar-refractivity contribution in [3.8, 4) is 11.8 Å². The zero-order chi connectivity index (χ0) is 27.1. The molecule has 0 aliphatic carbocycles. The third kappa shape index (κ3) is 7.15. The number of rotatable bonds is 11. The van der Waals surface area contributed by atoms with E-state index in [0.29, 0.717) is 21.8 Å². The zero-order valence-electron chi connectivity index (χ0n) is 23.4. The fourth-order valence-corrected chi connectivity index (χ4v) is 7.11. The van der Waals surface area contributed by atoms with Crippen LogP contribution in [0.5, 0.6) is 11.8 Å². The summed E-state index contributed by atoms with van der Waals surface area (Å²) in [6.07, 6.45) is 9.46. The van der Waals surface area contributed by atoms with Gasteiger partial charge in [-0.2, -0.15) is 9.29 Å². The number of aryl methyl sites for hydroxylation is 2. The molecule has 0 amide bonds. The van der Waals surface area contributed by atoms with Crippen LogP contribution < -0.4 is 14.4 Å². The Bertz CT molecular complexity index is 1140. The number of piperidine rings is 2. The van der Waals surface area contributed by atoms with Gasteiger partial charge in [-0.05, 0) is 101 Å². The Morgan fingerprint density at radius 1 is 1.05 bits per heavy atom. The lowest BCUT2D eigenvalue weighted by atomic mass is 9.93. The average Bonchev–Trinajstić information content (AvgIpc) is 2.92. The Morgan fingerprint density at radius 2 is 1.74 bits per heavy atom. The lowest BCUT2D eigenvalue weighted by Gasteiger charge is -2.34. The van der Waals surface area contributed by atoms with Gasteiger partial charge in [0.2, 0.25) is 10.0 Å². The summed E-state index contributed by atoms with van der Waals surface area (Å²) in [5.74, 6) is 2.29. The summed E-state index contributed by atoms with van der Waals surface area (Å²) in [6, 6.07) is 5.67. The van der Waals surface area contributed by atoms with E-state index < -0.39 is 10.0 Å². The number of nitrogens with zero attached hydrogens (tertiary/aromatic N) is 5. The van der Waals surface area contributed by atoms with Crippen molar-refractivity contribution in [2.75, 3.05) is 64.9 Å². The molecule has 2 saturated heterocycles. The highest BCUT2D eigenvalue weighted by Crippen LogP contribution is 2.28. The number of methoxy groups -OCH3 is 1. The molecule has 3 heterocycles. The van der Waals surface area contributed by atoms with E-state index in [-0.39, 0.29) is 19.2 Å². The highest BCUT2D eigenvalue weighted by atomic mass is 32.2. The summed E-state index contributed by atoms with van der Waals surface area (Å²) in [5, 5.41) is 0. The molecule has 9 nitrogen and oxygen atoms in total. The molecule has 2 aromatic rings. The molecule has 0 atom stereocenters. The number of hydrogen-bond donors (Lipinski definition) is 0. The first kappa shape index (κ1) is 28.6. The maximum absolute atomic E-state index is 13.2. The number of anilines is 1. The lowest BCUT2D eigenvalue weighted by Crippen LogP contribution is -2.36. The van der Waals surface area contributed by atoms with Gasteiger partial charge >= 0.3 is 6.01 Å². The van der Waals surface area contributed by atoms with Gasteiger partial charge in [0.25, 0.3) is 0 Å². The number of aromatic nitrogens is 2. The molecule has 4 rings (SSSR count). The monoisotopic (exact) mass is 545 g/mol. The highest BCUT2D eigenvalue weighted by molar-refractivity contribution is 7.89. The Balaban J connectivity index is 1.26. The number of likely N-dealkylation sites (tertiary alicyclic amines) is 1. The Labute approximate surface area is 228 Å². The van der Waals surface area contributed by atoms with Crippen molar-refractivity contribution in [3.63, 3.8) is 0 Å². The number of likely N-dealkylation sites (N-methyl/N-ethyl adjacent to an activating group) is 1. The maximum Gasteiger partial charge on any atom is 0.318 e. The Morgan fingerprint density at radius 3 is 2.39 bits per heavy atom. The van der Waals surface area contributed by atoms with Gasteiger partial charge in [-0.3, -0.25) is 0 Å². The normalized spacial score (nSPS) is 17.7. The van der Waals surface area contributed by atoms with E-state index >= 15 is 0 Å². The van der Waals surface area contributed by atoms with Crippen LogP contribution in [0.1, 0.15) is 49.7 Å². The molecule has 0 unspecified atom stereocenters. The molecule has 1 aromatic carbocycles. The molecule has 10 heteroatoms. The maximum atomic E-state index is 13.2. The Hall–Kier alpha value is -2.43. The summed E-state index contributed by atoms with van der Waals surface area (Å²) in [4.78, 5) is 14.1. The van der Waals surface area contributed by atoms with Crippen LogP contribution in [0.4, 0.5) is 5.82 Å². The van der Waals surface area contributed by atoms with Crippen LogP contribution >= 0.6 is 0 Å². The Kier molecular flexibility index (Phi) is 9.84. The van der Waals surface area contributed by atoms with Gasteiger partial charge < -0.3 is 19.3 Å². The molecular formula is C28H43N5O4S. The smallest absolute Gasteiger partial charge is 0.318 e. The largest absolute Gasteiger partial charge is 0.497 e. The van der Waals surface area contributed by atoms with E-state index in [4.69, 9.17) is 9.47 Å². The number of benzene rings is 1. The lowest BCUT2D eigenvalue weighted by molar-refractivity contribution is 0.205. The van der Waals surface area contributed by atoms with Gasteiger partial charge in [-0.1, -0.05) is 6.42 Å². The number of sulfonamides is 1. The highest BCUT2D eigenvalue weighted by Gasteiger charge is 2.26. The molecule has 0 spiro atoms. The molecule has 210 valence electrons. The second-order valence-corrected chi connectivity index (χ2v) is 12.6. The molecule has 38 heavy (non-hydrogen) atoms. The first-order valence-corrected chi connectivity index (χ1v) is 15.3. The standard InChI is InChI=1S/C28H43N5O4S/c1-22-20-25(36-4)21-23(2)27(22)38(34,35)31(3)18-19-37-28-29-12-8-26(30-28)33-16-10-24(11-17-33)9-15-32-13-6-5-7-14-32/h8,12,20-21,24H,5-7,9-11,13-19H2,1-4H3. The van der Waals surface area contributed by atoms with Crippen LogP contribution in [0, 0.1) is 19.8 Å². The van der Waals surface area contributed by atoms with Crippen LogP contribution in [-0.2, 0) is 10.0 Å². The van der Waals surface area contributed by atoms with Gasteiger partial charge in [0.05, 0.1) is 12.0 Å². The molecule has 2 aliphatic heterocycles. The van der Waals surface area contributed by atoms with Crippen molar-refractivity contribution in [2.45, 2.75) is 57.3 Å². The van der Waals surface area contributed by atoms with Crippen molar-refractivity contribution in [2.24, 2.45) is 5.92 Å². The molecule has 0 bridgehead atoms. The van der Waals surface area contributed by atoms with Crippen molar-refractivity contribution in [1.29, 1.82) is 0 Å².